The predicted octanol–water partition coefficient (Wildman–Crippen LogP) is 2.13. The molecular weight excluding hydrogens is 382 g/mol. The van der Waals surface area contributed by atoms with Crippen molar-refractivity contribution in [3.8, 4) is 11.5 Å². The van der Waals surface area contributed by atoms with E-state index in [9.17, 15) is 13.2 Å². The van der Waals surface area contributed by atoms with Crippen molar-refractivity contribution in [2.75, 3.05) is 19.8 Å². The number of hydrogen-bond donors (Lipinski definition) is 1. The van der Waals surface area contributed by atoms with Crippen molar-refractivity contribution in [2.24, 2.45) is 0 Å². The van der Waals surface area contributed by atoms with Gasteiger partial charge in [0.15, 0.2) is 11.5 Å². The SMILES string of the molecule is O=C(COCc1ccccc1Cl)NS(=O)(=O)c1ccc2c(c1)OCCO2. The molecule has 26 heavy (non-hydrogen) atoms. The van der Waals surface area contributed by atoms with E-state index < -0.39 is 22.5 Å². The van der Waals surface area contributed by atoms with E-state index in [1.807, 2.05) is 4.72 Å². The summed E-state index contributed by atoms with van der Waals surface area (Å²) in [7, 11) is -4.04. The van der Waals surface area contributed by atoms with Gasteiger partial charge < -0.3 is 14.2 Å². The van der Waals surface area contributed by atoms with Crippen LogP contribution in [0.5, 0.6) is 11.5 Å². The smallest absolute Gasteiger partial charge is 0.264 e. The average Bonchev–Trinajstić information content (AvgIpc) is 2.62. The monoisotopic (exact) mass is 397 g/mol. The van der Waals surface area contributed by atoms with Crippen molar-refractivity contribution >= 4 is 27.5 Å². The van der Waals surface area contributed by atoms with Crippen molar-refractivity contribution < 1.29 is 27.4 Å². The molecular formula is C17H16ClNO6S. The minimum Gasteiger partial charge on any atom is -0.486 e. The number of carbonyl (C=O) groups excluding carboxylic acids is 1. The van der Waals surface area contributed by atoms with Crippen LogP contribution in [0.1, 0.15) is 5.56 Å². The van der Waals surface area contributed by atoms with E-state index in [2.05, 4.69) is 0 Å². The lowest BCUT2D eigenvalue weighted by Crippen LogP contribution is -2.33. The zero-order valence-corrected chi connectivity index (χ0v) is 15.2. The summed E-state index contributed by atoms with van der Waals surface area (Å²) in [6, 6.07) is 11.2. The molecule has 1 aliphatic rings. The van der Waals surface area contributed by atoms with E-state index in [-0.39, 0.29) is 11.5 Å². The van der Waals surface area contributed by atoms with Crippen molar-refractivity contribution in [1.82, 2.24) is 4.72 Å². The standard InChI is InChI=1S/C17H16ClNO6S/c18-14-4-2-1-3-12(14)10-23-11-17(20)19-26(21,22)13-5-6-15-16(9-13)25-8-7-24-15/h1-6,9H,7-8,10-11H2,(H,19,20). The molecule has 1 heterocycles. The minimum absolute atomic E-state index is 0.0944. The second kappa shape index (κ2) is 7.94. The number of ether oxygens (including phenoxy) is 3. The lowest BCUT2D eigenvalue weighted by molar-refractivity contribution is -0.124. The number of carbonyl (C=O) groups is 1. The molecule has 7 nitrogen and oxygen atoms in total. The summed E-state index contributed by atoms with van der Waals surface area (Å²) in [6.07, 6.45) is 0. The molecule has 0 aromatic heterocycles. The number of sulfonamides is 1. The third kappa shape index (κ3) is 4.46. The molecule has 1 amide bonds. The van der Waals surface area contributed by atoms with Crippen LogP contribution in [0, 0.1) is 0 Å². The highest BCUT2D eigenvalue weighted by atomic mass is 35.5. The zero-order chi connectivity index (χ0) is 18.6. The van der Waals surface area contributed by atoms with Crippen molar-refractivity contribution in [1.29, 1.82) is 0 Å². The van der Waals surface area contributed by atoms with Gasteiger partial charge in [0, 0.05) is 11.1 Å². The van der Waals surface area contributed by atoms with Gasteiger partial charge in [0.2, 0.25) is 0 Å². The third-order valence-corrected chi connectivity index (χ3v) is 5.26. The molecule has 3 rings (SSSR count). The maximum atomic E-state index is 12.3. The van der Waals surface area contributed by atoms with Gasteiger partial charge in [-0.1, -0.05) is 29.8 Å². The summed E-state index contributed by atoms with van der Waals surface area (Å²) in [5, 5.41) is 0.511. The summed E-state index contributed by atoms with van der Waals surface area (Å²) < 4.78 is 42.5. The highest BCUT2D eigenvalue weighted by Gasteiger charge is 2.21. The Hall–Kier alpha value is -2.29. The predicted molar refractivity (Wildman–Crippen MR) is 93.9 cm³/mol. The first-order valence-corrected chi connectivity index (χ1v) is 9.58. The van der Waals surface area contributed by atoms with Crippen LogP contribution >= 0.6 is 11.6 Å². The van der Waals surface area contributed by atoms with Crippen LogP contribution in [0.4, 0.5) is 0 Å². The number of nitrogens with one attached hydrogen (secondary N) is 1. The molecule has 0 unspecified atom stereocenters. The van der Waals surface area contributed by atoms with Crippen molar-refractivity contribution in [2.45, 2.75) is 11.5 Å². The number of benzene rings is 2. The number of fused-ring (bicyclic) bond motifs is 1. The normalized spacial score (nSPS) is 13.3. The molecule has 1 N–H and O–H groups in total. The zero-order valence-electron chi connectivity index (χ0n) is 13.6. The lowest BCUT2D eigenvalue weighted by atomic mass is 10.2. The van der Waals surface area contributed by atoms with Crippen LogP contribution in [-0.2, 0) is 26.2 Å². The second-order valence-electron chi connectivity index (χ2n) is 5.42. The number of halogens is 1. The van der Waals surface area contributed by atoms with Gasteiger partial charge in [-0.25, -0.2) is 13.1 Å². The summed E-state index contributed by atoms with van der Waals surface area (Å²) >= 11 is 5.99. The maximum absolute atomic E-state index is 12.3. The molecule has 0 spiro atoms. The van der Waals surface area contributed by atoms with Crippen molar-refractivity contribution in [3.05, 3.63) is 53.1 Å². The first kappa shape index (κ1) is 18.5. The first-order valence-electron chi connectivity index (χ1n) is 7.72. The topological polar surface area (TPSA) is 90.9 Å². The van der Waals surface area contributed by atoms with E-state index in [1.165, 1.54) is 18.2 Å². The fourth-order valence-electron chi connectivity index (χ4n) is 2.30. The minimum atomic E-state index is -4.04. The highest BCUT2D eigenvalue weighted by Crippen LogP contribution is 2.32. The molecule has 9 heteroatoms. The van der Waals surface area contributed by atoms with Gasteiger partial charge in [0.1, 0.15) is 19.8 Å². The molecule has 1 aliphatic heterocycles. The molecule has 138 valence electrons. The van der Waals surface area contributed by atoms with Crippen LogP contribution in [0.2, 0.25) is 5.02 Å². The molecule has 0 bridgehead atoms. The Kier molecular flexibility index (Phi) is 5.65. The Morgan fingerprint density at radius 3 is 2.62 bits per heavy atom. The fourth-order valence-corrected chi connectivity index (χ4v) is 3.47. The molecule has 0 radical (unpaired) electrons. The Labute approximate surface area is 155 Å². The van der Waals surface area contributed by atoms with Gasteiger partial charge in [0.05, 0.1) is 11.5 Å². The Morgan fingerprint density at radius 2 is 1.85 bits per heavy atom. The molecule has 2 aromatic rings. The molecule has 0 saturated heterocycles. The summed E-state index contributed by atoms with van der Waals surface area (Å²) in [6.45, 7) is 0.406. The van der Waals surface area contributed by atoms with Gasteiger partial charge in [-0.15, -0.1) is 0 Å². The fraction of sp³-hybridized carbons (Fsp3) is 0.235. The third-order valence-electron chi connectivity index (χ3n) is 3.52. The van der Waals surface area contributed by atoms with Gasteiger partial charge in [0.25, 0.3) is 15.9 Å². The summed E-state index contributed by atoms with van der Waals surface area (Å²) in [4.78, 5) is 11.8. The van der Waals surface area contributed by atoms with Crippen LogP contribution in [0.25, 0.3) is 0 Å². The van der Waals surface area contributed by atoms with E-state index in [0.717, 1.165) is 0 Å². The van der Waals surface area contributed by atoms with E-state index in [0.29, 0.717) is 35.3 Å². The molecule has 0 fully saturated rings. The molecule has 0 atom stereocenters. The van der Waals surface area contributed by atoms with Crippen LogP contribution in [0.3, 0.4) is 0 Å². The van der Waals surface area contributed by atoms with Crippen molar-refractivity contribution in [3.63, 3.8) is 0 Å². The van der Waals surface area contributed by atoms with Gasteiger partial charge in [-0.05, 0) is 23.8 Å². The second-order valence-corrected chi connectivity index (χ2v) is 7.51. The Morgan fingerprint density at radius 1 is 1.12 bits per heavy atom. The van der Waals surface area contributed by atoms with Gasteiger partial charge in [-0.2, -0.15) is 0 Å². The number of amides is 1. The summed E-state index contributed by atoms with van der Waals surface area (Å²) in [5.41, 5.74) is 0.705. The first-order chi connectivity index (χ1) is 12.5. The molecule has 0 saturated carbocycles. The Bertz CT molecular complexity index is 915. The Balaban J connectivity index is 1.58. The number of rotatable bonds is 6. The quantitative estimate of drug-likeness (QED) is 0.803. The lowest BCUT2D eigenvalue weighted by Gasteiger charge is -2.18. The maximum Gasteiger partial charge on any atom is 0.264 e. The van der Waals surface area contributed by atoms with Crippen LogP contribution in [0.15, 0.2) is 47.4 Å². The van der Waals surface area contributed by atoms with Crippen LogP contribution in [-0.4, -0.2) is 34.1 Å². The largest absolute Gasteiger partial charge is 0.486 e. The van der Waals surface area contributed by atoms with E-state index in [4.69, 9.17) is 25.8 Å². The molecule has 0 aliphatic carbocycles. The van der Waals surface area contributed by atoms with Gasteiger partial charge >= 0.3 is 0 Å². The average molecular weight is 398 g/mol. The number of hydrogen-bond acceptors (Lipinski definition) is 6. The van der Waals surface area contributed by atoms with E-state index >= 15 is 0 Å². The highest BCUT2D eigenvalue weighted by molar-refractivity contribution is 7.90. The van der Waals surface area contributed by atoms with E-state index in [1.54, 1.807) is 24.3 Å². The van der Waals surface area contributed by atoms with Crippen LogP contribution < -0.4 is 14.2 Å². The van der Waals surface area contributed by atoms with Gasteiger partial charge in [-0.3, -0.25) is 4.79 Å². The summed E-state index contributed by atoms with van der Waals surface area (Å²) in [5.74, 6) is -0.00177. The molecule has 2 aromatic carbocycles.